The lowest BCUT2D eigenvalue weighted by Gasteiger charge is -2.05. The van der Waals surface area contributed by atoms with Crippen molar-refractivity contribution in [3.05, 3.63) is 25.0 Å². The van der Waals surface area contributed by atoms with Crippen molar-refractivity contribution < 1.29 is 4.42 Å². The minimum Gasteiger partial charge on any atom is -0.445 e. The molecule has 0 aliphatic rings. The maximum Gasteiger partial charge on any atom is 0.197 e. The highest BCUT2D eigenvalue weighted by atomic mass is 127. The van der Waals surface area contributed by atoms with Gasteiger partial charge in [0.1, 0.15) is 5.82 Å². The van der Waals surface area contributed by atoms with Gasteiger partial charge < -0.3 is 9.73 Å². The zero-order valence-electron chi connectivity index (χ0n) is 8.80. The third-order valence-electron chi connectivity index (χ3n) is 1.95. The van der Waals surface area contributed by atoms with Crippen molar-refractivity contribution >= 4 is 60.3 Å². The summed E-state index contributed by atoms with van der Waals surface area (Å²) in [6.07, 6.45) is 1.77. The van der Waals surface area contributed by atoms with E-state index in [9.17, 15) is 0 Å². The predicted octanol–water partition coefficient (Wildman–Crippen LogP) is 4.30. The van der Waals surface area contributed by atoms with Crippen LogP contribution in [0.5, 0.6) is 0 Å². The fraction of sp³-hybridized carbons (Fsp3) is 0.200. The molecule has 7 heteroatoms. The first-order valence-electron chi connectivity index (χ1n) is 4.83. The highest BCUT2D eigenvalue weighted by Gasteiger charge is 2.12. The Morgan fingerprint density at radius 2 is 2.24 bits per heavy atom. The third-order valence-corrected chi connectivity index (χ3v) is 4.45. The average molecular weight is 473 g/mol. The minimum absolute atomic E-state index is 0.563. The zero-order valence-corrected chi connectivity index (χ0v) is 14.1. The lowest BCUT2D eigenvalue weighted by Crippen LogP contribution is -2.03. The van der Waals surface area contributed by atoms with Gasteiger partial charge in [0.2, 0.25) is 0 Å². The van der Waals surface area contributed by atoms with Gasteiger partial charge in [0.25, 0.3) is 0 Å². The molecule has 2 aromatic heterocycles. The first kappa shape index (κ1) is 13.3. The summed E-state index contributed by atoms with van der Waals surface area (Å²) in [6, 6.07) is 1.84. The molecule has 4 nitrogen and oxygen atoms in total. The second-order valence-electron chi connectivity index (χ2n) is 3.15. The second-order valence-corrected chi connectivity index (χ2v) is 5.89. The summed E-state index contributed by atoms with van der Waals surface area (Å²) in [5, 5.41) is 3.18. The van der Waals surface area contributed by atoms with Crippen LogP contribution in [0.1, 0.15) is 6.92 Å². The van der Waals surface area contributed by atoms with Crippen LogP contribution in [0.2, 0.25) is 0 Å². The summed E-state index contributed by atoms with van der Waals surface area (Å²) < 4.78 is 7.96. The van der Waals surface area contributed by atoms with Crippen molar-refractivity contribution in [3.8, 4) is 11.6 Å². The molecule has 0 aliphatic carbocycles. The monoisotopic (exact) mass is 471 g/mol. The summed E-state index contributed by atoms with van der Waals surface area (Å²) in [5.41, 5.74) is 0. The van der Waals surface area contributed by atoms with Crippen LogP contribution < -0.4 is 5.32 Å². The van der Waals surface area contributed by atoms with Gasteiger partial charge in [-0.1, -0.05) is 0 Å². The summed E-state index contributed by atoms with van der Waals surface area (Å²) >= 11 is 8.85. The van der Waals surface area contributed by atoms with Gasteiger partial charge in [0.15, 0.2) is 16.3 Å². The Morgan fingerprint density at radius 1 is 1.47 bits per heavy atom. The number of furan rings is 1. The summed E-state index contributed by atoms with van der Waals surface area (Å²) in [6.45, 7) is 2.84. The largest absolute Gasteiger partial charge is 0.445 e. The first-order chi connectivity index (χ1) is 8.11. The molecule has 90 valence electrons. The van der Waals surface area contributed by atoms with E-state index in [-0.39, 0.29) is 0 Å². The quantitative estimate of drug-likeness (QED) is 0.677. The number of hydrogen-bond acceptors (Lipinski definition) is 4. The number of rotatable bonds is 3. The zero-order chi connectivity index (χ0) is 12.4. The van der Waals surface area contributed by atoms with Gasteiger partial charge in [0, 0.05) is 18.8 Å². The smallest absolute Gasteiger partial charge is 0.197 e. The Bertz CT molecular complexity index is 525. The standard InChI is InChI=1S/C10H8Br2IN3O/c1-2-14-9-6(13)4-15-10(16-9)7-3-5(11)8(12)17-7/h3-4H,2H2,1H3,(H,14,15,16). The van der Waals surface area contributed by atoms with Gasteiger partial charge in [-0.15, -0.1) is 0 Å². The van der Waals surface area contributed by atoms with Crippen molar-refractivity contribution in [1.29, 1.82) is 0 Å². The fourth-order valence-electron chi connectivity index (χ4n) is 1.23. The fourth-order valence-corrected chi connectivity index (χ4v) is 2.26. The highest BCUT2D eigenvalue weighted by Crippen LogP contribution is 2.31. The lowest BCUT2D eigenvalue weighted by molar-refractivity contribution is 0.549. The van der Waals surface area contributed by atoms with E-state index in [2.05, 4.69) is 69.7 Å². The van der Waals surface area contributed by atoms with Crippen molar-refractivity contribution in [3.63, 3.8) is 0 Å². The predicted molar refractivity (Wildman–Crippen MR) is 82.0 cm³/mol. The molecule has 1 N–H and O–H groups in total. The van der Waals surface area contributed by atoms with E-state index in [1.165, 1.54) is 0 Å². The van der Waals surface area contributed by atoms with E-state index in [4.69, 9.17) is 4.42 Å². The Labute approximate surface area is 129 Å². The highest BCUT2D eigenvalue weighted by molar-refractivity contribution is 14.1. The van der Waals surface area contributed by atoms with Gasteiger partial charge in [-0.3, -0.25) is 0 Å². The third kappa shape index (κ3) is 3.00. The SMILES string of the molecule is CCNc1nc(-c2cc(Br)c(Br)o2)ncc1I. The molecule has 0 bridgehead atoms. The van der Waals surface area contributed by atoms with E-state index in [1.807, 2.05) is 13.0 Å². The number of aromatic nitrogens is 2. The molecule has 0 unspecified atom stereocenters. The molecule has 17 heavy (non-hydrogen) atoms. The summed E-state index contributed by atoms with van der Waals surface area (Å²) in [5.74, 6) is 2.01. The molecule has 2 rings (SSSR count). The van der Waals surface area contributed by atoms with Crippen LogP contribution in [0.3, 0.4) is 0 Å². The summed E-state index contributed by atoms with van der Waals surface area (Å²) in [7, 11) is 0. The van der Waals surface area contributed by atoms with Crippen molar-refractivity contribution in [1.82, 2.24) is 9.97 Å². The second kappa shape index (κ2) is 5.66. The Hall–Kier alpha value is -0.150. The van der Waals surface area contributed by atoms with E-state index in [1.54, 1.807) is 6.20 Å². The maximum absolute atomic E-state index is 5.49. The number of anilines is 1. The normalized spacial score (nSPS) is 10.6. The molecular weight excluding hydrogens is 465 g/mol. The van der Waals surface area contributed by atoms with E-state index in [0.717, 1.165) is 20.4 Å². The van der Waals surface area contributed by atoms with Crippen molar-refractivity contribution in [2.24, 2.45) is 0 Å². The molecule has 2 heterocycles. The number of hydrogen-bond donors (Lipinski definition) is 1. The molecule has 0 aliphatic heterocycles. The van der Waals surface area contributed by atoms with Crippen LogP contribution in [0.4, 0.5) is 5.82 Å². The Kier molecular flexibility index (Phi) is 4.42. The summed E-state index contributed by atoms with van der Waals surface area (Å²) in [4.78, 5) is 8.67. The topological polar surface area (TPSA) is 51.0 Å². The van der Waals surface area contributed by atoms with Gasteiger partial charge >= 0.3 is 0 Å². The maximum atomic E-state index is 5.49. The number of halogens is 3. The molecule has 0 fully saturated rings. The van der Waals surface area contributed by atoms with Crippen LogP contribution in [0.25, 0.3) is 11.6 Å². The first-order valence-corrected chi connectivity index (χ1v) is 7.50. The van der Waals surface area contributed by atoms with E-state index >= 15 is 0 Å². The number of nitrogens with one attached hydrogen (secondary N) is 1. The average Bonchev–Trinajstić information content (AvgIpc) is 2.63. The van der Waals surface area contributed by atoms with Crippen LogP contribution >= 0.6 is 54.5 Å². The van der Waals surface area contributed by atoms with Crippen LogP contribution in [-0.2, 0) is 0 Å². The molecule has 0 radical (unpaired) electrons. The van der Waals surface area contributed by atoms with Crippen LogP contribution in [0, 0.1) is 3.57 Å². The van der Waals surface area contributed by atoms with E-state index < -0.39 is 0 Å². The molecule has 0 atom stereocenters. The van der Waals surface area contributed by atoms with E-state index in [0.29, 0.717) is 16.3 Å². The van der Waals surface area contributed by atoms with Gasteiger partial charge in [0.05, 0.1) is 8.04 Å². The Morgan fingerprint density at radius 3 is 2.82 bits per heavy atom. The number of nitrogens with zero attached hydrogens (tertiary/aromatic N) is 2. The lowest BCUT2D eigenvalue weighted by atomic mass is 10.4. The van der Waals surface area contributed by atoms with Crippen molar-refractivity contribution in [2.75, 3.05) is 11.9 Å². The van der Waals surface area contributed by atoms with Gasteiger partial charge in [-0.2, -0.15) is 0 Å². The van der Waals surface area contributed by atoms with Gasteiger partial charge in [-0.25, -0.2) is 9.97 Å². The van der Waals surface area contributed by atoms with Crippen LogP contribution in [0.15, 0.2) is 25.8 Å². The molecule has 0 saturated carbocycles. The van der Waals surface area contributed by atoms with Crippen LogP contribution in [-0.4, -0.2) is 16.5 Å². The molecular formula is C10H8Br2IN3O. The molecule has 0 spiro atoms. The molecule has 0 saturated heterocycles. The van der Waals surface area contributed by atoms with Crippen molar-refractivity contribution in [2.45, 2.75) is 6.92 Å². The molecule has 2 aromatic rings. The molecule has 0 amide bonds. The Balaban J connectivity index is 2.42. The minimum atomic E-state index is 0.563. The van der Waals surface area contributed by atoms with Gasteiger partial charge in [-0.05, 0) is 61.4 Å². The molecule has 0 aromatic carbocycles.